The molecule has 0 aliphatic carbocycles. The van der Waals surface area contributed by atoms with Crippen LogP contribution >= 0.6 is 0 Å². The van der Waals surface area contributed by atoms with Gasteiger partial charge in [-0.05, 0) is 49.2 Å². The number of piperidine rings is 1. The molecule has 11 heteroatoms. The first kappa shape index (κ1) is 22.6. The number of para-hydroxylation sites is 1. The Hall–Kier alpha value is -4.15. The van der Waals surface area contributed by atoms with Crippen LogP contribution < -0.4 is 15.1 Å². The number of rotatable bonds is 4. The van der Waals surface area contributed by atoms with E-state index in [0.29, 0.717) is 42.8 Å². The zero-order chi connectivity index (χ0) is 24.7. The monoisotopic (exact) mass is 483 g/mol. The summed E-state index contributed by atoms with van der Waals surface area (Å²) in [5.41, 5.74) is 0.720. The lowest BCUT2D eigenvalue weighted by Gasteiger charge is -2.34. The SMILES string of the molecule is O=C(O)C1CCN(c2nc(-c3ccc(F)cc3)c3c(n2)N(c2c(F)cccc2F)C(=O)NC3)CC1. The van der Waals surface area contributed by atoms with Crippen molar-refractivity contribution in [1.29, 1.82) is 0 Å². The fourth-order valence-electron chi connectivity index (χ4n) is 4.37. The number of nitrogens with zero attached hydrogens (tertiary/aromatic N) is 4. The van der Waals surface area contributed by atoms with Crippen molar-refractivity contribution in [2.45, 2.75) is 19.4 Å². The van der Waals surface area contributed by atoms with Crippen LogP contribution in [-0.2, 0) is 11.3 Å². The van der Waals surface area contributed by atoms with Crippen LogP contribution in [0.5, 0.6) is 0 Å². The van der Waals surface area contributed by atoms with E-state index in [9.17, 15) is 27.9 Å². The van der Waals surface area contributed by atoms with Gasteiger partial charge in [0.05, 0.1) is 18.2 Å². The molecule has 2 aromatic carbocycles. The number of fused-ring (bicyclic) bond motifs is 1. The van der Waals surface area contributed by atoms with E-state index < -0.39 is 41.1 Å². The normalized spacial score (nSPS) is 16.1. The van der Waals surface area contributed by atoms with E-state index in [1.54, 1.807) is 4.90 Å². The number of halogens is 3. The van der Waals surface area contributed by atoms with E-state index in [0.717, 1.165) is 17.0 Å². The van der Waals surface area contributed by atoms with Gasteiger partial charge in [0.25, 0.3) is 0 Å². The van der Waals surface area contributed by atoms with Crippen molar-refractivity contribution in [1.82, 2.24) is 15.3 Å². The van der Waals surface area contributed by atoms with E-state index in [2.05, 4.69) is 15.3 Å². The Labute approximate surface area is 198 Å². The smallest absolute Gasteiger partial charge is 0.328 e. The summed E-state index contributed by atoms with van der Waals surface area (Å²) in [6.45, 7) is 0.687. The highest BCUT2D eigenvalue weighted by Gasteiger charge is 2.35. The average Bonchev–Trinajstić information content (AvgIpc) is 2.85. The van der Waals surface area contributed by atoms with Crippen LogP contribution in [0.3, 0.4) is 0 Å². The first-order valence-corrected chi connectivity index (χ1v) is 11.0. The van der Waals surface area contributed by atoms with Crippen LogP contribution in [0.4, 0.5) is 35.4 Å². The Morgan fingerprint density at radius 2 is 1.66 bits per heavy atom. The third-order valence-electron chi connectivity index (χ3n) is 6.21. The first-order valence-electron chi connectivity index (χ1n) is 11.0. The molecule has 180 valence electrons. The number of nitrogens with one attached hydrogen (secondary N) is 1. The highest BCUT2D eigenvalue weighted by molar-refractivity contribution is 6.02. The average molecular weight is 483 g/mol. The van der Waals surface area contributed by atoms with Crippen LogP contribution in [0.1, 0.15) is 18.4 Å². The topological polar surface area (TPSA) is 98.7 Å². The molecule has 5 rings (SSSR count). The van der Waals surface area contributed by atoms with Crippen molar-refractivity contribution >= 4 is 29.5 Å². The molecule has 0 spiro atoms. The third kappa shape index (κ3) is 4.13. The summed E-state index contributed by atoms with van der Waals surface area (Å²) in [6, 6.07) is 8.07. The molecule has 1 saturated heterocycles. The first-order chi connectivity index (χ1) is 16.8. The van der Waals surface area contributed by atoms with Crippen LogP contribution in [-0.4, -0.2) is 40.2 Å². The summed E-state index contributed by atoms with van der Waals surface area (Å²) in [7, 11) is 0. The summed E-state index contributed by atoms with van der Waals surface area (Å²) in [5.74, 6) is -3.52. The van der Waals surface area contributed by atoms with Gasteiger partial charge in [0.2, 0.25) is 5.95 Å². The van der Waals surface area contributed by atoms with Gasteiger partial charge in [0.1, 0.15) is 23.1 Å². The van der Waals surface area contributed by atoms with E-state index in [1.807, 2.05) is 0 Å². The number of hydrogen-bond acceptors (Lipinski definition) is 5. The molecule has 35 heavy (non-hydrogen) atoms. The van der Waals surface area contributed by atoms with E-state index in [-0.39, 0.29) is 18.3 Å². The quantitative estimate of drug-likeness (QED) is 0.577. The number of amides is 2. The molecule has 0 atom stereocenters. The number of urea groups is 1. The van der Waals surface area contributed by atoms with Gasteiger partial charge in [-0.3, -0.25) is 4.79 Å². The number of anilines is 3. The van der Waals surface area contributed by atoms with Crippen molar-refractivity contribution in [3.8, 4) is 11.3 Å². The van der Waals surface area contributed by atoms with Gasteiger partial charge in [0, 0.05) is 24.2 Å². The summed E-state index contributed by atoms with van der Waals surface area (Å²) in [5, 5.41) is 11.9. The molecule has 3 aromatic rings. The second kappa shape index (κ2) is 8.90. The Balaban J connectivity index is 1.67. The van der Waals surface area contributed by atoms with Gasteiger partial charge in [-0.25, -0.2) is 27.8 Å². The minimum atomic E-state index is -0.946. The summed E-state index contributed by atoms with van der Waals surface area (Å²) in [6.07, 6.45) is 0.738. The molecule has 8 nitrogen and oxygen atoms in total. The van der Waals surface area contributed by atoms with Gasteiger partial charge in [-0.15, -0.1) is 0 Å². The number of carbonyl (C=O) groups excluding carboxylic acids is 1. The minimum absolute atomic E-state index is 0.00225. The fraction of sp³-hybridized carbons (Fsp3) is 0.250. The highest BCUT2D eigenvalue weighted by atomic mass is 19.1. The van der Waals surface area contributed by atoms with Crippen LogP contribution in [0, 0.1) is 23.4 Å². The van der Waals surface area contributed by atoms with E-state index in [1.165, 1.54) is 30.3 Å². The number of carboxylic acid groups (broad SMARTS) is 1. The second-order valence-electron chi connectivity index (χ2n) is 8.35. The summed E-state index contributed by atoms with van der Waals surface area (Å²) >= 11 is 0. The summed E-state index contributed by atoms with van der Waals surface area (Å²) in [4.78, 5) is 36.0. The van der Waals surface area contributed by atoms with Crippen molar-refractivity contribution in [2.24, 2.45) is 5.92 Å². The van der Waals surface area contributed by atoms with E-state index >= 15 is 0 Å². The maximum Gasteiger partial charge on any atom is 0.328 e. The number of aliphatic carboxylic acids is 1. The largest absolute Gasteiger partial charge is 0.481 e. The Bertz CT molecular complexity index is 1290. The predicted octanol–water partition coefficient (Wildman–Crippen LogP) is 4.22. The zero-order valence-electron chi connectivity index (χ0n) is 18.3. The Morgan fingerprint density at radius 1 is 1.00 bits per heavy atom. The van der Waals surface area contributed by atoms with Gasteiger partial charge in [-0.2, -0.15) is 4.98 Å². The Kier molecular flexibility index (Phi) is 5.75. The third-order valence-corrected chi connectivity index (χ3v) is 6.21. The van der Waals surface area contributed by atoms with Crippen molar-refractivity contribution in [3.63, 3.8) is 0 Å². The highest BCUT2D eigenvalue weighted by Crippen LogP contribution is 2.39. The second-order valence-corrected chi connectivity index (χ2v) is 8.35. The fourth-order valence-corrected chi connectivity index (χ4v) is 4.37. The molecular weight excluding hydrogens is 463 g/mol. The number of carboxylic acids is 1. The molecule has 2 amide bonds. The standard InChI is InChI=1S/C24H20F3N5O3/c25-15-6-4-13(5-7-15)19-16-12-28-24(35)32(20-17(26)2-1-3-18(20)27)21(16)30-23(29-19)31-10-8-14(9-11-31)22(33)34/h1-7,14H,8-12H2,(H,28,35)(H,33,34). The lowest BCUT2D eigenvalue weighted by Crippen LogP contribution is -2.44. The number of carbonyl (C=O) groups is 2. The maximum atomic E-state index is 14.7. The Morgan fingerprint density at radius 3 is 2.29 bits per heavy atom. The van der Waals surface area contributed by atoms with E-state index in [4.69, 9.17) is 0 Å². The molecule has 0 saturated carbocycles. The van der Waals surface area contributed by atoms with Crippen molar-refractivity contribution in [3.05, 3.63) is 65.5 Å². The molecule has 0 radical (unpaired) electrons. The van der Waals surface area contributed by atoms with Gasteiger partial charge < -0.3 is 15.3 Å². The number of aromatic nitrogens is 2. The minimum Gasteiger partial charge on any atom is -0.481 e. The van der Waals surface area contributed by atoms with Crippen LogP contribution in [0.25, 0.3) is 11.3 Å². The molecule has 2 aliphatic heterocycles. The van der Waals surface area contributed by atoms with Gasteiger partial charge in [0.15, 0.2) is 5.82 Å². The van der Waals surface area contributed by atoms with Crippen molar-refractivity contribution < 1.29 is 27.9 Å². The zero-order valence-corrected chi connectivity index (χ0v) is 18.3. The van der Waals surface area contributed by atoms with Gasteiger partial charge in [-0.1, -0.05) is 6.07 Å². The molecule has 2 aliphatic rings. The lowest BCUT2D eigenvalue weighted by atomic mass is 9.97. The maximum absolute atomic E-state index is 14.7. The molecular formula is C24H20F3N5O3. The predicted molar refractivity (Wildman–Crippen MR) is 121 cm³/mol. The van der Waals surface area contributed by atoms with Crippen molar-refractivity contribution in [2.75, 3.05) is 22.9 Å². The summed E-state index contributed by atoms with van der Waals surface area (Å²) < 4.78 is 43.1. The van der Waals surface area contributed by atoms with Crippen LogP contribution in [0.2, 0.25) is 0 Å². The van der Waals surface area contributed by atoms with Crippen LogP contribution in [0.15, 0.2) is 42.5 Å². The molecule has 3 heterocycles. The molecule has 0 bridgehead atoms. The molecule has 2 N–H and O–H groups in total. The van der Waals surface area contributed by atoms with Gasteiger partial charge >= 0.3 is 12.0 Å². The molecule has 1 fully saturated rings. The number of hydrogen-bond donors (Lipinski definition) is 2. The molecule has 1 aromatic heterocycles. The number of benzene rings is 2. The lowest BCUT2D eigenvalue weighted by molar-refractivity contribution is -0.142. The molecule has 0 unspecified atom stereocenters.